The molecule has 12 heteroatoms. The molecule has 0 atom stereocenters. The van der Waals surface area contributed by atoms with Gasteiger partial charge in [-0.1, -0.05) is 11.8 Å². The van der Waals surface area contributed by atoms with Crippen LogP contribution in [0.5, 0.6) is 0 Å². The van der Waals surface area contributed by atoms with Crippen molar-refractivity contribution >= 4 is 23.4 Å². The Labute approximate surface area is 191 Å². The van der Waals surface area contributed by atoms with Gasteiger partial charge in [0.05, 0.1) is 5.75 Å². The van der Waals surface area contributed by atoms with E-state index in [1.807, 2.05) is 0 Å². The van der Waals surface area contributed by atoms with E-state index < -0.39 is 12.7 Å². The van der Waals surface area contributed by atoms with Crippen molar-refractivity contribution in [3.63, 3.8) is 0 Å². The number of pyridine rings is 1. The van der Waals surface area contributed by atoms with Crippen molar-refractivity contribution in [2.24, 2.45) is 0 Å². The van der Waals surface area contributed by atoms with Crippen LogP contribution in [0.4, 0.5) is 23.2 Å². The topological polar surface area (TPSA) is 67.2 Å². The summed E-state index contributed by atoms with van der Waals surface area (Å²) in [6.07, 6.45) is -1.55. The van der Waals surface area contributed by atoms with E-state index in [1.54, 1.807) is 29.2 Å². The van der Waals surface area contributed by atoms with Crippen molar-refractivity contribution in [1.29, 1.82) is 0 Å². The fourth-order valence-corrected chi connectivity index (χ4v) is 4.36. The van der Waals surface area contributed by atoms with E-state index in [0.29, 0.717) is 31.7 Å². The second kappa shape index (κ2) is 9.77. The molecule has 0 bridgehead atoms. The molecule has 1 aromatic carbocycles. The van der Waals surface area contributed by atoms with E-state index in [1.165, 1.54) is 24.5 Å². The van der Waals surface area contributed by atoms with Crippen molar-refractivity contribution in [2.75, 3.05) is 36.8 Å². The molecule has 3 heterocycles. The van der Waals surface area contributed by atoms with Gasteiger partial charge in [-0.2, -0.15) is 13.2 Å². The van der Waals surface area contributed by atoms with Crippen molar-refractivity contribution < 1.29 is 22.4 Å². The molecule has 1 aliphatic heterocycles. The first-order chi connectivity index (χ1) is 15.8. The molecular weight excluding hydrogens is 460 g/mol. The number of anilines is 1. The predicted octanol–water partition coefficient (Wildman–Crippen LogP) is 3.48. The van der Waals surface area contributed by atoms with E-state index in [2.05, 4.69) is 20.1 Å². The van der Waals surface area contributed by atoms with Crippen LogP contribution in [0.3, 0.4) is 0 Å². The summed E-state index contributed by atoms with van der Waals surface area (Å²) in [7, 11) is 0. The number of nitrogens with zero attached hydrogens (tertiary/aromatic N) is 6. The third-order valence-corrected chi connectivity index (χ3v) is 6.09. The summed E-state index contributed by atoms with van der Waals surface area (Å²) in [6.45, 7) is 0.837. The zero-order valence-electron chi connectivity index (χ0n) is 17.4. The van der Waals surface area contributed by atoms with Crippen LogP contribution in [0.25, 0.3) is 11.4 Å². The number of hydrogen-bond acceptors (Lipinski definition) is 6. The van der Waals surface area contributed by atoms with Crippen LogP contribution < -0.4 is 4.90 Å². The first-order valence-corrected chi connectivity index (χ1v) is 11.1. The predicted molar refractivity (Wildman–Crippen MR) is 115 cm³/mol. The molecule has 0 N–H and O–H groups in total. The fourth-order valence-electron chi connectivity index (χ4n) is 3.52. The van der Waals surface area contributed by atoms with E-state index in [-0.39, 0.29) is 28.5 Å². The standard InChI is InChI=1S/C21H20F4N6OS/c22-16-1-3-17(4-2-16)29-9-11-30(12-10-29)18(32)13-33-20-28-27-19(15-5-7-26-8-6-15)31(20)14-21(23,24)25/h1-8H,9-14H2. The van der Waals surface area contributed by atoms with E-state index >= 15 is 0 Å². The van der Waals surface area contributed by atoms with Gasteiger partial charge in [-0.15, -0.1) is 10.2 Å². The fraction of sp³-hybridized carbons (Fsp3) is 0.333. The lowest BCUT2D eigenvalue weighted by molar-refractivity contribution is -0.141. The van der Waals surface area contributed by atoms with Crippen LogP contribution in [0.1, 0.15) is 0 Å². The first kappa shape index (κ1) is 23.0. The molecule has 0 radical (unpaired) electrons. The number of piperazine rings is 1. The van der Waals surface area contributed by atoms with Crippen molar-refractivity contribution in [1.82, 2.24) is 24.6 Å². The number of halogens is 4. The van der Waals surface area contributed by atoms with Gasteiger partial charge in [0, 0.05) is 49.8 Å². The monoisotopic (exact) mass is 480 g/mol. The largest absolute Gasteiger partial charge is 0.406 e. The van der Waals surface area contributed by atoms with Crippen molar-refractivity contribution in [2.45, 2.75) is 17.9 Å². The normalized spacial score (nSPS) is 14.5. The Morgan fingerprint density at radius 3 is 2.27 bits per heavy atom. The van der Waals surface area contributed by atoms with Gasteiger partial charge in [-0.05, 0) is 36.4 Å². The maximum Gasteiger partial charge on any atom is 0.406 e. The third-order valence-electron chi connectivity index (χ3n) is 5.14. The molecule has 1 aliphatic rings. The summed E-state index contributed by atoms with van der Waals surface area (Å²) in [6, 6.07) is 9.27. The zero-order valence-corrected chi connectivity index (χ0v) is 18.2. The number of alkyl halides is 3. The van der Waals surface area contributed by atoms with E-state index in [9.17, 15) is 22.4 Å². The summed E-state index contributed by atoms with van der Waals surface area (Å²) in [5, 5.41) is 7.84. The number of hydrogen-bond donors (Lipinski definition) is 0. The molecule has 3 aromatic rings. The lowest BCUT2D eigenvalue weighted by atomic mass is 10.2. The SMILES string of the molecule is O=C(CSc1nnc(-c2ccncc2)n1CC(F)(F)F)N1CCN(c2ccc(F)cc2)CC1. The molecule has 0 saturated carbocycles. The highest BCUT2D eigenvalue weighted by Crippen LogP contribution is 2.28. The highest BCUT2D eigenvalue weighted by Gasteiger charge is 2.32. The molecule has 174 valence electrons. The van der Waals surface area contributed by atoms with Crippen LogP contribution >= 0.6 is 11.8 Å². The Bertz CT molecular complexity index is 1080. The quantitative estimate of drug-likeness (QED) is 0.398. The number of rotatable bonds is 6. The van der Waals surface area contributed by atoms with Gasteiger partial charge < -0.3 is 9.80 Å². The van der Waals surface area contributed by atoms with Gasteiger partial charge in [0.1, 0.15) is 12.4 Å². The van der Waals surface area contributed by atoms with Gasteiger partial charge in [0.2, 0.25) is 5.91 Å². The molecule has 1 fully saturated rings. The smallest absolute Gasteiger partial charge is 0.368 e. The van der Waals surface area contributed by atoms with Crippen molar-refractivity contribution in [3.8, 4) is 11.4 Å². The van der Waals surface area contributed by atoms with E-state index in [4.69, 9.17) is 0 Å². The summed E-state index contributed by atoms with van der Waals surface area (Å²) >= 11 is 0.931. The maximum absolute atomic E-state index is 13.2. The van der Waals surface area contributed by atoms with Crippen molar-refractivity contribution in [3.05, 3.63) is 54.6 Å². The lowest BCUT2D eigenvalue weighted by Crippen LogP contribution is -2.49. The van der Waals surface area contributed by atoms with Crippen LogP contribution in [0, 0.1) is 5.82 Å². The highest BCUT2D eigenvalue weighted by atomic mass is 32.2. The van der Waals surface area contributed by atoms with E-state index in [0.717, 1.165) is 22.0 Å². The summed E-state index contributed by atoms with van der Waals surface area (Å²) in [5.41, 5.74) is 1.33. The lowest BCUT2D eigenvalue weighted by Gasteiger charge is -2.36. The van der Waals surface area contributed by atoms with Crippen LogP contribution in [0.2, 0.25) is 0 Å². The minimum absolute atomic E-state index is 0.0254. The van der Waals surface area contributed by atoms with Gasteiger partial charge in [0.15, 0.2) is 11.0 Å². The van der Waals surface area contributed by atoms with Gasteiger partial charge >= 0.3 is 6.18 Å². The number of carbonyl (C=O) groups excluding carboxylic acids is 1. The Hall–Kier alpha value is -3.15. The van der Waals surface area contributed by atoms with Crippen LogP contribution in [0.15, 0.2) is 53.9 Å². The highest BCUT2D eigenvalue weighted by molar-refractivity contribution is 7.99. The van der Waals surface area contributed by atoms with Gasteiger partial charge in [-0.25, -0.2) is 4.39 Å². The average molecular weight is 480 g/mol. The second-order valence-corrected chi connectivity index (χ2v) is 8.32. The molecule has 7 nitrogen and oxygen atoms in total. The molecule has 33 heavy (non-hydrogen) atoms. The molecule has 0 aliphatic carbocycles. The number of benzene rings is 1. The Morgan fingerprint density at radius 1 is 0.970 bits per heavy atom. The summed E-state index contributed by atoms with van der Waals surface area (Å²) in [4.78, 5) is 20.3. The Morgan fingerprint density at radius 2 is 1.64 bits per heavy atom. The number of thioether (sulfide) groups is 1. The molecule has 2 aromatic heterocycles. The van der Waals surface area contributed by atoms with Gasteiger partial charge in [0.25, 0.3) is 0 Å². The third kappa shape index (κ3) is 5.81. The molecule has 1 saturated heterocycles. The number of aromatic nitrogens is 4. The maximum atomic E-state index is 13.2. The Balaban J connectivity index is 1.39. The number of carbonyl (C=O) groups is 1. The number of amides is 1. The molecule has 1 amide bonds. The average Bonchev–Trinajstić information content (AvgIpc) is 3.19. The van der Waals surface area contributed by atoms with Crippen LogP contribution in [-0.2, 0) is 11.3 Å². The first-order valence-electron chi connectivity index (χ1n) is 10.1. The van der Waals surface area contributed by atoms with Crippen LogP contribution in [-0.4, -0.2) is 68.7 Å². The Kier molecular flexibility index (Phi) is 6.82. The summed E-state index contributed by atoms with van der Waals surface area (Å²) in [5.74, 6) is -0.485. The molecule has 0 unspecified atom stereocenters. The zero-order chi connectivity index (χ0) is 23.4. The summed E-state index contributed by atoms with van der Waals surface area (Å²) < 4.78 is 53.6. The molecule has 0 spiro atoms. The van der Waals surface area contributed by atoms with Gasteiger partial charge in [-0.3, -0.25) is 14.3 Å². The minimum atomic E-state index is -4.47. The molecular formula is C21H20F4N6OS. The minimum Gasteiger partial charge on any atom is -0.368 e. The second-order valence-electron chi connectivity index (χ2n) is 7.38. The molecule has 4 rings (SSSR count).